The maximum atomic E-state index is 12.2. The van der Waals surface area contributed by atoms with Gasteiger partial charge >= 0.3 is 0 Å². The van der Waals surface area contributed by atoms with Crippen LogP contribution in [-0.2, 0) is 4.74 Å². The van der Waals surface area contributed by atoms with Gasteiger partial charge in [0.1, 0.15) is 4.70 Å². The lowest BCUT2D eigenvalue weighted by Crippen LogP contribution is -2.27. The van der Waals surface area contributed by atoms with E-state index in [2.05, 4.69) is 4.98 Å². The first-order valence-electron chi connectivity index (χ1n) is 5.45. The second-order valence-electron chi connectivity index (χ2n) is 3.78. The van der Waals surface area contributed by atoms with Crippen molar-refractivity contribution < 1.29 is 4.74 Å². The van der Waals surface area contributed by atoms with Crippen LogP contribution in [0.1, 0.15) is 19.9 Å². The van der Waals surface area contributed by atoms with Crippen molar-refractivity contribution in [3.05, 3.63) is 26.6 Å². The van der Waals surface area contributed by atoms with Gasteiger partial charge in [0, 0.05) is 6.61 Å². The number of nitrogens with one attached hydrogen (secondary N) is 1. The summed E-state index contributed by atoms with van der Waals surface area (Å²) in [4.78, 5) is 15.3. The third kappa shape index (κ3) is 2.34. The van der Waals surface area contributed by atoms with E-state index >= 15 is 0 Å². The summed E-state index contributed by atoms with van der Waals surface area (Å²) >= 11 is 6.64. The summed E-state index contributed by atoms with van der Waals surface area (Å²) < 4.78 is 8.09. The Morgan fingerprint density at radius 1 is 1.65 bits per heavy atom. The molecule has 6 heteroatoms. The van der Waals surface area contributed by atoms with Gasteiger partial charge in [0.05, 0.1) is 18.2 Å². The zero-order valence-electron chi connectivity index (χ0n) is 9.73. The van der Waals surface area contributed by atoms with Gasteiger partial charge in [-0.3, -0.25) is 9.36 Å². The van der Waals surface area contributed by atoms with Crippen LogP contribution in [-0.4, -0.2) is 22.8 Å². The van der Waals surface area contributed by atoms with E-state index in [1.54, 1.807) is 4.57 Å². The number of aromatic nitrogens is 2. The highest BCUT2D eigenvalue weighted by Gasteiger charge is 2.12. The van der Waals surface area contributed by atoms with Crippen LogP contribution in [0.4, 0.5) is 0 Å². The molecule has 0 radical (unpaired) electrons. The topological polar surface area (TPSA) is 47.0 Å². The maximum Gasteiger partial charge on any atom is 0.272 e. The van der Waals surface area contributed by atoms with Crippen molar-refractivity contribution in [2.24, 2.45) is 0 Å². The van der Waals surface area contributed by atoms with Crippen molar-refractivity contribution in [2.75, 3.05) is 13.2 Å². The number of thiophene rings is 1. The van der Waals surface area contributed by atoms with Crippen molar-refractivity contribution in [1.82, 2.24) is 9.55 Å². The SMILES string of the molecule is CCOCC(C)n1c(=S)[nH]c2ccsc2c1=O. The Kier molecular flexibility index (Phi) is 3.76. The molecular formula is C11H14N2O2S2. The molecule has 1 N–H and O–H groups in total. The van der Waals surface area contributed by atoms with E-state index in [0.717, 1.165) is 5.52 Å². The lowest BCUT2D eigenvalue weighted by atomic mass is 10.3. The normalized spacial score (nSPS) is 13.1. The molecule has 0 aliphatic rings. The van der Waals surface area contributed by atoms with E-state index < -0.39 is 0 Å². The van der Waals surface area contributed by atoms with Gasteiger partial charge in [0.15, 0.2) is 4.77 Å². The van der Waals surface area contributed by atoms with E-state index in [1.807, 2.05) is 25.3 Å². The predicted molar refractivity (Wildman–Crippen MR) is 72.5 cm³/mol. The fourth-order valence-electron chi connectivity index (χ4n) is 1.71. The zero-order valence-corrected chi connectivity index (χ0v) is 11.4. The number of nitrogens with zero attached hydrogens (tertiary/aromatic N) is 1. The third-order valence-electron chi connectivity index (χ3n) is 2.54. The van der Waals surface area contributed by atoms with E-state index in [-0.39, 0.29) is 11.6 Å². The molecule has 0 aromatic carbocycles. The first-order chi connectivity index (χ1) is 8.15. The van der Waals surface area contributed by atoms with E-state index in [9.17, 15) is 4.79 Å². The minimum absolute atomic E-state index is 0.0362. The molecule has 0 amide bonds. The summed E-state index contributed by atoms with van der Waals surface area (Å²) in [6.07, 6.45) is 0. The van der Waals surface area contributed by atoms with Crippen molar-refractivity contribution in [2.45, 2.75) is 19.9 Å². The van der Waals surface area contributed by atoms with E-state index in [4.69, 9.17) is 17.0 Å². The fourth-order valence-corrected chi connectivity index (χ4v) is 2.87. The Bertz CT molecular complexity index is 626. The van der Waals surface area contributed by atoms with Crippen LogP contribution in [0, 0.1) is 4.77 Å². The Morgan fingerprint density at radius 2 is 2.41 bits per heavy atom. The lowest BCUT2D eigenvalue weighted by molar-refractivity contribution is 0.117. The molecule has 2 heterocycles. The van der Waals surface area contributed by atoms with Gasteiger partial charge in [-0.2, -0.15) is 0 Å². The minimum atomic E-state index is -0.0577. The zero-order chi connectivity index (χ0) is 12.4. The van der Waals surface area contributed by atoms with Gasteiger partial charge in [-0.05, 0) is 37.5 Å². The van der Waals surface area contributed by atoms with E-state index in [0.29, 0.717) is 22.7 Å². The number of rotatable bonds is 4. The molecule has 1 atom stereocenters. The highest BCUT2D eigenvalue weighted by atomic mass is 32.1. The molecule has 0 fully saturated rings. The van der Waals surface area contributed by atoms with Crippen molar-refractivity contribution >= 4 is 33.8 Å². The molecule has 4 nitrogen and oxygen atoms in total. The van der Waals surface area contributed by atoms with Crippen LogP contribution in [0.3, 0.4) is 0 Å². The molecule has 2 aromatic rings. The Morgan fingerprint density at radius 3 is 3.12 bits per heavy atom. The molecule has 92 valence electrons. The van der Waals surface area contributed by atoms with Crippen molar-refractivity contribution in [3.63, 3.8) is 0 Å². The average molecular weight is 270 g/mol. The van der Waals surface area contributed by atoms with Crippen LogP contribution in [0.25, 0.3) is 10.2 Å². The molecule has 0 saturated carbocycles. The molecule has 2 aromatic heterocycles. The number of hydrogen-bond donors (Lipinski definition) is 1. The summed E-state index contributed by atoms with van der Waals surface area (Å²) in [6.45, 7) is 4.99. The second-order valence-corrected chi connectivity index (χ2v) is 5.08. The third-order valence-corrected chi connectivity index (χ3v) is 3.74. The lowest BCUT2D eigenvalue weighted by Gasteiger charge is -2.14. The van der Waals surface area contributed by atoms with Gasteiger partial charge in [-0.1, -0.05) is 0 Å². The van der Waals surface area contributed by atoms with Crippen LogP contribution < -0.4 is 5.56 Å². The molecule has 0 aliphatic heterocycles. The Balaban J connectivity index is 2.53. The van der Waals surface area contributed by atoms with E-state index in [1.165, 1.54) is 11.3 Å². The number of hydrogen-bond acceptors (Lipinski definition) is 4. The van der Waals surface area contributed by atoms with Crippen LogP contribution >= 0.6 is 23.6 Å². The second kappa shape index (κ2) is 5.12. The van der Waals surface area contributed by atoms with Gasteiger partial charge in [0.2, 0.25) is 0 Å². The molecule has 0 saturated heterocycles. The summed E-state index contributed by atoms with van der Waals surface area (Å²) in [5.74, 6) is 0. The quantitative estimate of drug-likeness (QED) is 0.869. The number of fused-ring (bicyclic) bond motifs is 1. The fraction of sp³-hybridized carbons (Fsp3) is 0.455. The monoisotopic (exact) mass is 270 g/mol. The molecular weight excluding hydrogens is 256 g/mol. The highest BCUT2D eigenvalue weighted by molar-refractivity contribution is 7.71. The maximum absolute atomic E-state index is 12.2. The highest BCUT2D eigenvalue weighted by Crippen LogP contribution is 2.15. The van der Waals surface area contributed by atoms with Crippen LogP contribution in [0.5, 0.6) is 0 Å². The Labute approximate surface area is 108 Å². The van der Waals surface area contributed by atoms with Crippen LogP contribution in [0.2, 0.25) is 0 Å². The molecule has 2 rings (SSSR count). The summed E-state index contributed by atoms with van der Waals surface area (Å²) in [6, 6.07) is 1.81. The first-order valence-corrected chi connectivity index (χ1v) is 6.73. The molecule has 1 unspecified atom stereocenters. The summed E-state index contributed by atoms with van der Waals surface area (Å²) in [5.41, 5.74) is 0.774. The largest absolute Gasteiger partial charge is 0.380 e. The van der Waals surface area contributed by atoms with Gasteiger partial charge in [0.25, 0.3) is 5.56 Å². The van der Waals surface area contributed by atoms with Gasteiger partial charge in [-0.15, -0.1) is 11.3 Å². The van der Waals surface area contributed by atoms with Crippen LogP contribution in [0.15, 0.2) is 16.2 Å². The van der Waals surface area contributed by atoms with Gasteiger partial charge < -0.3 is 9.72 Å². The summed E-state index contributed by atoms with van der Waals surface area (Å²) in [7, 11) is 0. The standard InChI is InChI=1S/C11H14N2O2S2/c1-3-15-6-7(2)13-10(14)9-8(4-5-17-9)12-11(13)16/h4-5,7H,3,6H2,1-2H3,(H,12,16). The van der Waals surface area contributed by atoms with Gasteiger partial charge in [-0.25, -0.2) is 0 Å². The number of H-pyrrole nitrogens is 1. The summed E-state index contributed by atoms with van der Waals surface area (Å²) in [5, 5.41) is 1.88. The number of aromatic amines is 1. The Hall–Kier alpha value is -0.980. The van der Waals surface area contributed by atoms with Crippen molar-refractivity contribution in [3.8, 4) is 0 Å². The molecule has 17 heavy (non-hydrogen) atoms. The first kappa shape index (κ1) is 12.5. The minimum Gasteiger partial charge on any atom is -0.380 e. The molecule has 0 spiro atoms. The number of ether oxygens (including phenoxy) is 1. The molecule has 0 bridgehead atoms. The van der Waals surface area contributed by atoms with Crippen molar-refractivity contribution in [1.29, 1.82) is 0 Å². The smallest absolute Gasteiger partial charge is 0.272 e. The predicted octanol–water partition coefficient (Wildman–Crippen LogP) is 2.72. The average Bonchev–Trinajstić information content (AvgIpc) is 2.74. The molecule has 0 aliphatic carbocycles.